The summed E-state index contributed by atoms with van der Waals surface area (Å²) in [5, 5.41) is 0. The Balaban J connectivity index is 2.26. The lowest BCUT2D eigenvalue weighted by Crippen LogP contribution is -1.86. The topological polar surface area (TPSA) is 34.1 Å². The van der Waals surface area contributed by atoms with E-state index < -0.39 is 10.7 Å². The summed E-state index contributed by atoms with van der Waals surface area (Å²) in [7, 11) is -2.35. The van der Waals surface area contributed by atoms with Crippen molar-refractivity contribution < 1.29 is 8.42 Å². The molecule has 0 aromatic heterocycles. The maximum absolute atomic E-state index is 10.6. The van der Waals surface area contributed by atoms with Crippen LogP contribution in [0.25, 0.3) is 11.1 Å². The molecule has 0 amide bonds. The summed E-state index contributed by atoms with van der Waals surface area (Å²) in [5.74, 6) is 0.109. The van der Waals surface area contributed by atoms with Crippen LogP contribution >= 0.6 is 0 Å². The molecular formula is C13H11O2S. The van der Waals surface area contributed by atoms with Crippen molar-refractivity contribution in [2.45, 2.75) is 5.75 Å². The third-order valence-electron chi connectivity index (χ3n) is 2.32. The highest BCUT2D eigenvalue weighted by molar-refractivity contribution is 7.71. The number of rotatable bonds is 3. The molecule has 81 valence electrons. The predicted molar refractivity (Wildman–Crippen MR) is 64.7 cm³/mol. The molecule has 1 radical (unpaired) electrons. The van der Waals surface area contributed by atoms with Crippen molar-refractivity contribution >= 4 is 10.7 Å². The highest BCUT2D eigenvalue weighted by Gasteiger charge is 1.97. The van der Waals surface area contributed by atoms with Gasteiger partial charge in [-0.1, -0.05) is 48.5 Å². The van der Waals surface area contributed by atoms with Crippen LogP contribution in [0.4, 0.5) is 0 Å². The van der Waals surface area contributed by atoms with Crippen LogP contribution in [0.5, 0.6) is 0 Å². The minimum atomic E-state index is -2.35. The summed E-state index contributed by atoms with van der Waals surface area (Å²) >= 11 is 0. The molecule has 0 heterocycles. The summed E-state index contributed by atoms with van der Waals surface area (Å²) in [4.78, 5) is 0. The van der Waals surface area contributed by atoms with Crippen LogP contribution in [0.2, 0.25) is 0 Å². The molecule has 0 fully saturated rings. The third-order valence-corrected chi connectivity index (χ3v) is 2.94. The molecule has 2 rings (SSSR count). The highest BCUT2D eigenvalue weighted by atomic mass is 32.2. The van der Waals surface area contributed by atoms with Gasteiger partial charge in [0.2, 0.25) is 0 Å². The Morgan fingerprint density at radius 1 is 0.875 bits per heavy atom. The summed E-state index contributed by atoms with van der Waals surface area (Å²) in [6.07, 6.45) is 0. The lowest BCUT2D eigenvalue weighted by atomic mass is 10.0. The highest BCUT2D eigenvalue weighted by Crippen LogP contribution is 2.19. The molecule has 2 nitrogen and oxygen atoms in total. The van der Waals surface area contributed by atoms with Gasteiger partial charge in [0.15, 0.2) is 0 Å². The zero-order valence-corrected chi connectivity index (χ0v) is 9.48. The minimum Gasteiger partial charge on any atom is -0.232 e. The SMILES string of the molecule is O=[SH](=O)Cc1ccc(-c2cc[c]cc2)cc1. The molecular weight excluding hydrogens is 220 g/mol. The Hall–Kier alpha value is -1.61. The number of thiol groups is 1. The first-order valence-electron chi connectivity index (χ1n) is 4.93. The van der Waals surface area contributed by atoms with E-state index in [1.54, 1.807) is 0 Å². The Morgan fingerprint density at radius 2 is 1.44 bits per heavy atom. The van der Waals surface area contributed by atoms with Crippen LogP contribution in [0.3, 0.4) is 0 Å². The maximum atomic E-state index is 10.6. The van der Waals surface area contributed by atoms with E-state index in [4.69, 9.17) is 0 Å². The molecule has 2 aromatic carbocycles. The normalized spacial score (nSPS) is 10.6. The molecule has 2 aromatic rings. The first-order valence-corrected chi connectivity index (χ1v) is 6.29. The van der Waals surface area contributed by atoms with Gasteiger partial charge in [0.1, 0.15) is 10.7 Å². The molecule has 0 unspecified atom stereocenters. The van der Waals surface area contributed by atoms with Crippen LogP contribution in [0, 0.1) is 6.07 Å². The van der Waals surface area contributed by atoms with Gasteiger partial charge in [-0.15, -0.1) is 0 Å². The fraction of sp³-hybridized carbons (Fsp3) is 0.0769. The molecule has 16 heavy (non-hydrogen) atoms. The van der Waals surface area contributed by atoms with Gasteiger partial charge in [0.05, 0.1) is 5.75 Å². The van der Waals surface area contributed by atoms with Crippen molar-refractivity contribution in [3.63, 3.8) is 0 Å². The van der Waals surface area contributed by atoms with Gasteiger partial charge in [0, 0.05) is 0 Å². The molecule has 0 spiro atoms. The second-order valence-electron chi connectivity index (χ2n) is 3.48. The Kier molecular flexibility index (Phi) is 3.37. The Morgan fingerprint density at radius 3 is 2.00 bits per heavy atom. The summed E-state index contributed by atoms with van der Waals surface area (Å²) < 4.78 is 21.1. The third kappa shape index (κ3) is 2.70. The Labute approximate surface area is 96.5 Å². The van der Waals surface area contributed by atoms with Crippen molar-refractivity contribution in [3.05, 3.63) is 60.2 Å². The average molecular weight is 231 g/mol. The fourth-order valence-electron chi connectivity index (χ4n) is 1.53. The van der Waals surface area contributed by atoms with Crippen molar-refractivity contribution in [1.29, 1.82) is 0 Å². The van der Waals surface area contributed by atoms with Crippen LogP contribution < -0.4 is 0 Å². The van der Waals surface area contributed by atoms with Crippen LogP contribution in [0.1, 0.15) is 5.56 Å². The van der Waals surface area contributed by atoms with Gasteiger partial charge in [-0.3, -0.25) is 0 Å². The molecule has 0 aliphatic heterocycles. The van der Waals surface area contributed by atoms with Crippen molar-refractivity contribution in [3.8, 4) is 11.1 Å². The van der Waals surface area contributed by atoms with E-state index >= 15 is 0 Å². The second kappa shape index (κ2) is 4.94. The van der Waals surface area contributed by atoms with Gasteiger partial charge < -0.3 is 0 Å². The van der Waals surface area contributed by atoms with Gasteiger partial charge in [-0.2, -0.15) is 0 Å². The van der Waals surface area contributed by atoms with Crippen molar-refractivity contribution in [2.24, 2.45) is 0 Å². The monoisotopic (exact) mass is 231 g/mol. The molecule has 0 saturated heterocycles. The first kappa shape index (κ1) is 10.9. The van der Waals surface area contributed by atoms with Crippen molar-refractivity contribution in [1.82, 2.24) is 0 Å². The second-order valence-corrected chi connectivity index (χ2v) is 4.46. The zero-order chi connectivity index (χ0) is 11.4. The smallest absolute Gasteiger partial charge is 0.144 e. The first-order chi connectivity index (χ1) is 7.75. The van der Waals surface area contributed by atoms with E-state index in [0.717, 1.165) is 16.7 Å². The molecule has 0 aliphatic rings. The number of hydrogen-bond donors (Lipinski definition) is 1. The van der Waals surface area contributed by atoms with E-state index in [1.165, 1.54) is 0 Å². The summed E-state index contributed by atoms with van der Waals surface area (Å²) in [5.41, 5.74) is 3.01. The van der Waals surface area contributed by atoms with E-state index in [-0.39, 0.29) is 5.75 Å². The van der Waals surface area contributed by atoms with E-state index in [9.17, 15) is 8.42 Å². The number of benzene rings is 2. The molecule has 0 bridgehead atoms. The number of hydrogen-bond acceptors (Lipinski definition) is 2. The van der Waals surface area contributed by atoms with Gasteiger partial charge in [0.25, 0.3) is 0 Å². The summed E-state index contributed by atoms with van der Waals surface area (Å²) in [6.45, 7) is 0. The quantitative estimate of drug-likeness (QED) is 0.822. The minimum absolute atomic E-state index is 0.109. The Bertz CT molecular complexity index is 520. The predicted octanol–water partition coefficient (Wildman–Crippen LogP) is 2.27. The fourth-order valence-corrected chi connectivity index (χ4v) is 2.04. The largest absolute Gasteiger partial charge is 0.232 e. The van der Waals surface area contributed by atoms with Crippen molar-refractivity contribution in [2.75, 3.05) is 0 Å². The molecule has 0 aliphatic carbocycles. The van der Waals surface area contributed by atoms with Gasteiger partial charge in [-0.05, 0) is 22.8 Å². The maximum Gasteiger partial charge on any atom is 0.144 e. The van der Waals surface area contributed by atoms with Gasteiger partial charge in [-0.25, -0.2) is 8.42 Å². The van der Waals surface area contributed by atoms with E-state index in [1.807, 2.05) is 48.5 Å². The molecule has 0 atom stereocenters. The lowest BCUT2D eigenvalue weighted by molar-refractivity contribution is 0.614. The van der Waals surface area contributed by atoms with Gasteiger partial charge >= 0.3 is 0 Å². The molecule has 0 N–H and O–H groups in total. The van der Waals surface area contributed by atoms with E-state index in [2.05, 4.69) is 6.07 Å². The summed E-state index contributed by atoms with van der Waals surface area (Å²) in [6, 6.07) is 18.2. The zero-order valence-electron chi connectivity index (χ0n) is 8.59. The lowest BCUT2D eigenvalue weighted by Gasteiger charge is -2.01. The molecule has 0 saturated carbocycles. The van der Waals surface area contributed by atoms with Crippen LogP contribution in [-0.4, -0.2) is 8.42 Å². The average Bonchev–Trinajstić information content (AvgIpc) is 2.30. The van der Waals surface area contributed by atoms with Crippen LogP contribution in [0.15, 0.2) is 48.5 Å². The standard InChI is InChI=1S/C13H11O2S/c14-16(15)10-11-6-8-13(9-7-11)12-4-2-1-3-5-12/h2-9,16H,10H2. The molecule has 3 heteroatoms. The van der Waals surface area contributed by atoms with E-state index in [0.29, 0.717) is 0 Å². The van der Waals surface area contributed by atoms with Crippen LogP contribution in [-0.2, 0) is 16.5 Å².